The van der Waals surface area contributed by atoms with E-state index in [0.717, 1.165) is 24.4 Å². The van der Waals surface area contributed by atoms with Crippen LogP contribution in [0.2, 0.25) is 0 Å². The Morgan fingerprint density at radius 3 is 2.05 bits per heavy atom. The molecule has 0 spiro atoms. The fourth-order valence-corrected chi connectivity index (χ4v) is 5.38. The summed E-state index contributed by atoms with van der Waals surface area (Å²) in [6, 6.07) is 9.80. The molecule has 4 rings (SSSR count). The van der Waals surface area contributed by atoms with Gasteiger partial charge >= 0.3 is 0 Å². The fourth-order valence-electron chi connectivity index (χ4n) is 5.38. The van der Waals surface area contributed by atoms with E-state index in [4.69, 9.17) is 5.73 Å². The van der Waals surface area contributed by atoms with Crippen LogP contribution in [0.25, 0.3) is 0 Å². The molecule has 3 N–H and O–H groups in total. The molecule has 0 radical (unpaired) electrons. The largest absolute Gasteiger partial charge is 0.329 e. The van der Waals surface area contributed by atoms with E-state index in [1.165, 1.54) is 51.4 Å². The van der Waals surface area contributed by atoms with E-state index in [0.29, 0.717) is 0 Å². The van der Waals surface area contributed by atoms with E-state index >= 15 is 0 Å². The normalized spacial score (nSPS) is 35.7. The Hall–Kier alpha value is -0.860. The summed E-state index contributed by atoms with van der Waals surface area (Å²) in [6.45, 7) is 0.812. The molecule has 2 saturated carbocycles. The zero-order chi connectivity index (χ0) is 14.3. The molecule has 21 heavy (non-hydrogen) atoms. The molecule has 114 valence electrons. The summed E-state index contributed by atoms with van der Waals surface area (Å²) in [4.78, 5) is 0. The molecule has 0 heterocycles. The maximum atomic E-state index is 6.38. The predicted molar refractivity (Wildman–Crippen MR) is 87.2 cm³/mol. The average Bonchev–Trinajstić information content (AvgIpc) is 3.07. The smallest absolute Gasteiger partial charge is 0.0369 e. The van der Waals surface area contributed by atoms with Gasteiger partial charge in [0.1, 0.15) is 0 Å². The van der Waals surface area contributed by atoms with E-state index in [1.54, 1.807) is 11.1 Å². The minimum absolute atomic E-state index is 0.202. The third-order valence-corrected chi connectivity index (χ3v) is 6.54. The van der Waals surface area contributed by atoms with Crippen LogP contribution in [0.1, 0.15) is 49.7 Å². The summed E-state index contributed by atoms with van der Waals surface area (Å²) in [5.41, 5.74) is 9.74. The lowest BCUT2D eigenvalue weighted by molar-refractivity contribution is 0.172. The van der Waals surface area contributed by atoms with Crippen LogP contribution in [0.3, 0.4) is 0 Å². The maximum absolute atomic E-state index is 6.38. The molecule has 0 aromatic heterocycles. The number of nitrogens with one attached hydrogen (secondary N) is 1. The third kappa shape index (κ3) is 2.24. The van der Waals surface area contributed by atoms with Gasteiger partial charge in [0.25, 0.3) is 0 Å². The lowest BCUT2D eigenvalue weighted by Gasteiger charge is -2.42. The number of hydrogen-bond acceptors (Lipinski definition) is 2. The highest BCUT2D eigenvalue weighted by Gasteiger charge is 2.51. The van der Waals surface area contributed by atoms with Crippen molar-refractivity contribution < 1.29 is 0 Å². The minimum atomic E-state index is 0.202. The first-order chi connectivity index (χ1) is 10.3. The summed E-state index contributed by atoms with van der Waals surface area (Å²) >= 11 is 0. The Labute approximate surface area is 128 Å². The molecule has 1 aromatic carbocycles. The van der Waals surface area contributed by atoms with Crippen molar-refractivity contribution in [2.24, 2.45) is 17.6 Å². The van der Waals surface area contributed by atoms with Gasteiger partial charge in [0.15, 0.2) is 0 Å². The van der Waals surface area contributed by atoms with Crippen molar-refractivity contribution in [3.63, 3.8) is 0 Å². The fraction of sp³-hybridized carbons (Fsp3) is 0.684. The van der Waals surface area contributed by atoms with Crippen molar-refractivity contribution in [1.82, 2.24) is 5.32 Å². The van der Waals surface area contributed by atoms with Crippen LogP contribution in [0.5, 0.6) is 0 Å². The van der Waals surface area contributed by atoms with Crippen LogP contribution in [-0.2, 0) is 12.8 Å². The first-order valence-corrected chi connectivity index (χ1v) is 8.86. The number of benzene rings is 1. The molecule has 2 nitrogen and oxygen atoms in total. The van der Waals surface area contributed by atoms with Crippen molar-refractivity contribution >= 4 is 0 Å². The van der Waals surface area contributed by atoms with Gasteiger partial charge in [-0.05, 0) is 61.5 Å². The first kappa shape index (κ1) is 13.8. The van der Waals surface area contributed by atoms with Gasteiger partial charge in [-0.15, -0.1) is 0 Å². The quantitative estimate of drug-likeness (QED) is 0.895. The molecule has 2 bridgehead atoms. The molecule has 2 heteroatoms. The zero-order valence-corrected chi connectivity index (χ0v) is 13.0. The predicted octanol–water partition coefficient (Wildman–Crippen LogP) is 3.04. The zero-order valence-electron chi connectivity index (χ0n) is 13.0. The van der Waals surface area contributed by atoms with E-state index in [9.17, 15) is 0 Å². The Morgan fingerprint density at radius 1 is 0.952 bits per heavy atom. The van der Waals surface area contributed by atoms with Crippen LogP contribution in [-0.4, -0.2) is 18.1 Å². The van der Waals surface area contributed by atoms with Crippen LogP contribution in [0.4, 0.5) is 0 Å². The highest BCUT2D eigenvalue weighted by molar-refractivity contribution is 5.32. The van der Waals surface area contributed by atoms with Crippen molar-refractivity contribution in [2.45, 2.75) is 62.9 Å². The molecule has 1 aromatic rings. The van der Waals surface area contributed by atoms with Crippen molar-refractivity contribution in [1.29, 1.82) is 0 Å². The summed E-state index contributed by atoms with van der Waals surface area (Å²) in [6.07, 6.45) is 10.7. The Kier molecular flexibility index (Phi) is 3.55. The Balaban J connectivity index is 1.65. The van der Waals surface area contributed by atoms with E-state index in [1.807, 2.05) is 0 Å². The van der Waals surface area contributed by atoms with E-state index in [2.05, 4.69) is 29.6 Å². The second-order valence-electron chi connectivity index (χ2n) is 7.52. The monoisotopic (exact) mass is 284 g/mol. The van der Waals surface area contributed by atoms with Gasteiger partial charge in [-0.25, -0.2) is 0 Å². The lowest BCUT2D eigenvalue weighted by Crippen LogP contribution is -2.61. The van der Waals surface area contributed by atoms with Crippen molar-refractivity contribution in [3.8, 4) is 0 Å². The second kappa shape index (κ2) is 5.40. The molecule has 3 aliphatic rings. The van der Waals surface area contributed by atoms with Gasteiger partial charge in [-0.3, -0.25) is 0 Å². The Morgan fingerprint density at radius 2 is 1.52 bits per heavy atom. The molecule has 2 atom stereocenters. The number of nitrogens with two attached hydrogens (primary N) is 1. The molecular weight excluding hydrogens is 256 g/mol. The number of hydrogen-bond donors (Lipinski definition) is 2. The van der Waals surface area contributed by atoms with Gasteiger partial charge in [0.2, 0.25) is 0 Å². The molecular formula is C19H28N2. The Bertz CT molecular complexity index is 471. The van der Waals surface area contributed by atoms with Crippen molar-refractivity contribution in [2.75, 3.05) is 6.54 Å². The molecule has 2 fully saturated rings. The van der Waals surface area contributed by atoms with Gasteiger partial charge in [0.05, 0.1) is 0 Å². The summed E-state index contributed by atoms with van der Waals surface area (Å²) in [5, 5.41) is 4.09. The van der Waals surface area contributed by atoms with Gasteiger partial charge < -0.3 is 11.1 Å². The highest BCUT2D eigenvalue weighted by Crippen LogP contribution is 2.47. The van der Waals surface area contributed by atoms with Crippen LogP contribution in [0, 0.1) is 11.8 Å². The van der Waals surface area contributed by atoms with Crippen LogP contribution in [0.15, 0.2) is 24.3 Å². The highest BCUT2D eigenvalue weighted by atomic mass is 15.1. The van der Waals surface area contributed by atoms with E-state index in [-0.39, 0.29) is 5.54 Å². The van der Waals surface area contributed by atoms with Crippen LogP contribution >= 0.6 is 0 Å². The summed E-state index contributed by atoms with van der Waals surface area (Å²) < 4.78 is 0. The molecule has 0 aliphatic heterocycles. The molecule has 0 saturated heterocycles. The van der Waals surface area contributed by atoms with Gasteiger partial charge in [-0.2, -0.15) is 0 Å². The van der Waals surface area contributed by atoms with Crippen LogP contribution < -0.4 is 11.1 Å². The van der Waals surface area contributed by atoms with Gasteiger partial charge in [0, 0.05) is 18.1 Å². The minimum Gasteiger partial charge on any atom is -0.329 e. The molecule has 3 aliphatic carbocycles. The molecule has 0 amide bonds. The third-order valence-electron chi connectivity index (χ3n) is 6.54. The average molecular weight is 284 g/mol. The molecule has 2 unspecified atom stereocenters. The topological polar surface area (TPSA) is 38.0 Å². The number of fused-ring (bicyclic) bond motifs is 3. The number of rotatable bonds is 3. The summed E-state index contributed by atoms with van der Waals surface area (Å²) in [5.74, 6) is 1.47. The SMILES string of the molecule is NCC1(NC2CCCC2)C2CCC1Cc1ccccc1C2. The van der Waals surface area contributed by atoms with E-state index < -0.39 is 0 Å². The second-order valence-corrected chi connectivity index (χ2v) is 7.52. The van der Waals surface area contributed by atoms with Gasteiger partial charge in [-0.1, -0.05) is 37.1 Å². The summed E-state index contributed by atoms with van der Waals surface area (Å²) in [7, 11) is 0. The standard InChI is InChI=1S/C19H28N2/c20-13-19(21-18-7-3-4-8-18)16-9-10-17(19)12-15-6-2-1-5-14(15)11-16/h1-2,5-6,16-18,21H,3-4,7-13,20H2. The van der Waals surface area contributed by atoms with Crippen molar-refractivity contribution in [3.05, 3.63) is 35.4 Å². The lowest BCUT2D eigenvalue weighted by atomic mass is 9.78. The maximum Gasteiger partial charge on any atom is 0.0369 e. The first-order valence-electron chi connectivity index (χ1n) is 8.86.